The summed E-state index contributed by atoms with van der Waals surface area (Å²) in [5.74, 6) is -0.412. The van der Waals surface area contributed by atoms with E-state index in [0.29, 0.717) is 5.69 Å². The normalized spacial score (nSPS) is 12.1. The molecule has 0 aliphatic rings. The van der Waals surface area contributed by atoms with Gasteiger partial charge in [0.15, 0.2) is 0 Å². The predicted molar refractivity (Wildman–Crippen MR) is 136 cm³/mol. The van der Waals surface area contributed by atoms with E-state index in [9.17, 15) is 13.2 Å². The molecule has 4 aromatic carbocycles. The molecule has 0 aliphatic carbocycles. The molecule has 0 saturated carbocycles. The Bertz CT molecular complexity index is 1410. The first-order valence-electron chi connectivity index (χ1n) is 10.6. The second-order valence-electron chi connectivity index (χ2n) is 7.79. The van der Waals surface area contributed by atoms with E-state index < -0.39 is 22.0 Å². The average Bonchev–Trinajstić information content (AvgIpc) is 2.84. The van der Waals surface area contributed by atoms with Gasteiger partial charge in [-0.05, 0) is 53.9 Å². The van der Waals surface area contributed by atoms with Gasteiger partial charge in [0.25, 0.3) is 15.9 Å². The summed E-state index contributed by atoms with van der Waals surface area (Å²) in [6.45, 7) is 1.99. The van der Waals surface area contributed by atoms with E-state index in [1.165, 1.54) is 18.2 Å². The smallest absolute Gasteiger partial charge is 0.263 e. The minimum Gasteiger partial charge on any atom is -0.341 e. The van der Waals surface area contributed by atoms with Gasteiger partial charge in [-0.2, -0.15) is 0 Å². The van der Waals surface area contributed by atoms with E-state index >= 15 is 0 Å². The highest BCUT2D eigenvalue weighted by molar-refractivity contribution is 7.92. The largest absolute Gasteiger partial charge is 0.341 e. The van der Waals surface area contributed by atoms with Crippen LogP contribution in [-0.4, -0.2) is 14.3 Å². The second-order valence-corrected chi connectivity index (χ2v) is 9.85. The number of nitrogens with one attached hydrogen (secondary N) is 2. The van der Waals surface area contributed by atoms with E-state index in [4.69, 9.17) is 11.6 Å². The lowest BCUT2D eigenvalue weighted by atomic mass is 9.94. The number of carbonyl (C=O) groups is 1. The molecule has 0 aromatic heterocycles. The highest BCUT2D eigenvalue weighted by Gasteiger charge is 2.23. The van der Waals surface area contributed by atoms with Crippen molar-refractivity contribution < 1.29 is 13.2 Å². The minimum absolute atomic E-state index is 0.0264. The summed E-state index contributed by atoms with van der Waals surface area (Å²) < 4.78 is 28.5. The van der Waals surface area contributed by atoms with Crippen molar-refractivity contribution in [3.05, 3.63) is 130 Å². The summed E-state index contributed by atoms with van der Waals surface area (Å²) in [5.41, 5.74) is 3.49. The number of aryl methyl sites for hydroxylation is 1. The molecule has 1 unspecified atom stereocenters. The first-order chi connectivity index (χ1) is 16.3. The van der Waals surface area contributed by atoms with Crippen molar-refractivity contribution in [2.75, 3.05) is 4.72 Å². The van der Waals surface area contributed by atoms with Crippen LogP contribution in [0.1, 0.15) is 33.1 Å². The maximum Gasteiger partial charge on any atom is 0.263 e. The van der Waals surface area contributed by atoms with Crippen molar-refractivity contribution in [1.82, 2.24) is 5.32 Å². The Morgan fingerprint density at radius 2 is 1.44 bits per heavy atom. The molecule has 2 N–H and O–H groups in total. The van der Waals surface area contributed by atoms with Crippen LogP contribution in [0.25, 0.3) is 0 Å². The molecule has 0 saturated heterocycles. The molecule has 0 fully saturated rings. The Balaban J connectivity index is 1.66. The number of hydrogen-bond donors (Lipinski definition) is 2. The molecule has 0 aliphatic heterocycles. The van der Waals surface area contributed by atoms with Crippen LogP contribution in [0.3, 0.4) is 0 Å². The molecular formula is C27H23ClN2O3S. The van der Waals surface area contributed by atoms with E-state index in [-0.39, 0.29) is 15.5 Å². The number of halogens is 1. The zero-order valence-electron chi connectivity index (χ0n) is 18.4. The van der Waals surface area contributed by atoms with E-state index in [0.717, 1.165) is 16.7 Å². The fourth-order valence-corrected chi connectivity index (χ4v) is 5.26. The molecule has 1 atom stereocenters. The molecule has 1 amide bonds. The SMILES string of the molecule is Cc1ccccc1C(NC(=O)c1ccc(Cl)c(S(=O)(=O)Nc2ccccc2)c1)c1ccccc1. The molecule has 7 heteroatoms. The van der Waals surface area contributed by atoms with Crippen molar-refractivity contribution >= 4 is 33.2 Å². The Morgan fingerprint density at radius 1 is 0.824 bits per heavy atom. The lowest BCUT2D eigenvalue weighted by Gasteiger charge is -2.22. The van der Waals surface area contributed by atoms with Gasteiger partial charge in [-0.25, -0.2) is 8.42 Å². The van der Waals surface area contributed by atoms with Gasteiger partial charge in [0, 0.05) is 11.3 Å². The number of para-hydroxylation sites is 1. The summed E-state index contributed by atoms with van der Waals surface area (Å²) in [6, 6.07) is 29.8. The number of rotatable bonds is 7. The van der Waals surface area contributed by atoms with Crippen molar-refractivity contribution in [3.63, 3.8) is 0 Å². The van der Waals surface area contributed by atoms with Crippen LogP contribution in [-0.2, 0) is 10.0 Å². The van der Waals surface area contributed by atoms with Gasteiger partial charge in [-0.1, -0.05) is 84.4 Å². The van der Waals surface area contributed by atoms with E-state index in [2.05, 4.69) is 10.0 Å². The lowest BCUT2D eigenvalue weighted by molar-refractivity contribution is 0.0942. The Hall–Kier alpha value is -3.61. The van der Waals surface area contributed by atoms with Gasteiger partial charge in [0.05, 0.1) is 11.1 Å². The van der Waals surface area contributed by atoms with E-state index in [1.54, 1.807) is 30.3 Å². The third kappa shape index (κ3) is 5.30. The third-order valence-electron chi connectivity index (χ3n) is 5.42. The van der Waals surface area contributed by atoms with E-state index in [1.807, 2.05) is 61.5 Å². The van der Waals surface area contributed by atoms with Crippen LogP contribution in [0.5, 0.6) is 0 Å². The topological polar surface area (TPSA) is 75.3 Å². The van der Waals surface area contributed by atoms with Crippen molar-refractivity contribution in [2.45, 2.75) is 17.9 Å². The zero-order chi connectivity index (χ0) is 24.1. The summed E-state index contributed by atoms with van der Waals surface area (Å²) >= 11 is 6.22. The van der Waals surface area contributed by atoms with Crippen molar-refractivity contribution in [2.24, 2.45) is 0 Å². The monoisotopic (exact) mass is 490 g/mol. The Morgan fingerprint density at radius 3 is 2.12 bits per heavy atom. The zero-order valence-corrected chi connectivity index (χ0v) is 20.0. The number of hydrogen-bond acceptors (Lipinski definition) is 3. The molecule has 0 spiro atoms. The molecular weight excluding hydrogens is 468 g/mol. The van der Waals surface area contributed by atoms with Gasteiger partial charge < -0.3 is 5.32 Å². The van der Waals surface area contributed by atoms with Crippen LogP contribution in [0.4, 0.5) is 5.69 Å². The van der Waals surface area contributed by atoms with Gasteiger partial charge in [0.2, 0.25) is 0 Å². The summed E-state index contributed by atoms with van der Waals surface area (Å²) in [4.78, 5) is 13.1. The minimum atomic E-state index is -4.00. The Labute approximate surface area is 204 Å². The fraction of sp³-hybridized carbons (Fsp3) is 0.0741. The fourth-order valence-electron chi connectivity index (χ4n) is 3.68. The van der Waals surface area contributed by atoms with Gasteiger partial charge in [-0.3, -0.25) is 9.52 Å². The number of benzene rings is 4. The summed E-state index contributed by atoms with van der Waals surface area (Å²) in [7, 11) is -4.00. The molecule has 0 heterocycles. The predicted octanol–water partition coefficient (Wildman–Crippen LogP) is 5.97. The van der Waals surface area contributed by atoms with Gasteiger partial charge in [0.1, 0.15) is 4.90 Å². The molecule has 0 radical (unpaired) electrons. The van der Waals surface area contributed by atoms with Crippen LogP contribution in [0.2, 0.25) is 5.02 Å². The second kappa shape index (κ2) is 10.1. The highest BCUT2D eigenvalue weighted by Crippen LogP contribution is 2.28. The van der Waals surface area contributed by atoms with Crippen LogP contribution >= 0.6 is 11.6 Å². The number of amides is 1. The number of sulfonamides is 1. The molecule has 4 rings (SSSR count). The molecule has 34 heavy (non-hydrogen) atoms. The van der Waals surface area contributed by atoms with Gasteiger partial charge in [-0.15, -0.1) is 0 Å². The number of carbonyl (C=O) groups excluding carboxylic acids is 1. The molecule has 172 valence electrons. The van der Waals surface area contributed by atoms with Crippen LogP contribution in [0.15, 0.2) is 108 Å². The van der Waals surface area contributed by atoms with Gasteiger partial charge >= 0.3 is 0 Å². The lowest BCUT2D eigenvalue weighted by Crippen LogP contribution is -2.30. The first kappa shape index (κ1) is 23.5. The highest BCUT2D eigenvalue weighted by atomic mass is 35.5. The van der Waals surface area contributed by atoms with Crippen LogP contribution in [0, 0.1) is 6.92 Å². The first-order valence-corrected chi connectivity index (χ1v) is 12.5. The Kier molecular flexibility index (Phi) is 7.01. The third-order valence-corrected chi connectivity index (χ3v) is 7.28. The molecule has 4 aromatic rings. The summed E-state index contributed by atoms with van der Waals surface area (Å²) in [6.07, 6.45) is 0. The quantitative estimate of drug-likeness (QED) is 0.335. The van der Waals surface area contributed by atoms with Crippen molar-refractivity contribution in [1.29, 1.82) is 0 Å². The molecule has 0 bridgehead atoms. The standard InChI is InChI=1S/C27H23ClN2O3S/c1-19-10-8-9-15-23(19)26(20-11-4-2-5-12-20)29-27(31)21-16-17-24(28)25(18-21)34(32,33)30-22-13-6-3-7-14-22/h2-18,26,30H,1H3,(H,29,31). The number of anilines is 1. The average molecular weight is 491 g/mol. The van der Waals surface area contributed by atoms with Crippen molar-refractivity contribution in [3.8, 4) is 0 Å². The summed E-state index contributed by atoms with van der Waals surface area (Å²) in [5, 5.41) is 3.08. The molecule has 5 nitrogen and oxygen atoms in total. The maximum absolute atomic E-state index is 13.3. The maximum atomic E-state index is 13.3. The van der Waals surface area contributed by atoms with Crippen LogP contribution < -0.4 is 10.0 Å².